The molecule has 0 atom stereocenters. The van der Waals surface area contributed by atoms with Gasteiger partial charge in [-0.15, -0.1) is 0 Å². The van der Waals surface area contributed by atoms with Crippen LogP contribution in [-0.2, 0) is 0 Å². The van der Waals surface area contributed by atoms with Crippen molar-refractivity contribution in [3.8, 4) is 0 Å². The topological polar surface area (TPSA) is 33.2 Å². The second-order valence-corrected chi connectivity index (χ2v) is 3.80. The van der Waals surface area contributed by atoms with Gasteiger partial charge in [0.15, 0.2) is 0 Å². The molecule has 0 aliphatic rings. The van der Waals surface area contributed by atoms with Crippen LogP contribution in [0.5, 0.6) is 0 Å². The smallest absolute Gasteiger partial charge is 0.272 e. The van der Waals surface area contributed by atoms with Crippen molar-refractivity contribution in [1.82, 2.24) is 9.88 Å². The summed E-state index contributed by atoms with van der Waals surface area (Å²) in [6.45, 7) is 4.87. The molecule has 3 heteroatoms. The molecule has 1 aromatic rings. The molecule has 1 heterocycles. The summed E-state index contributed by atoms with van der Waals surface area (Å²) in [5, 5.41) is 0. The van der Waals surface area contributed by atoms with E-state index in [9.17, 15) is 4.79 Å². The van der Waals surface area contributed by atoms with E-state index in [0.29, 0.717) is 5.69 Å². The zero-order chi connectivity index (χ0) is 11.3. The molecule has 1 amide bonds. The van der Waals surface area contributed by atoms with Gasteiger partial charge in [0.25, 0.3) is 5.91 Å². The highest BCUT2D eigenvalue weighted by Gasteiger charge is 2.11. The highest BCUT2D eigenvalue weighted by molar-refractivity contribution is 5.92. The van der Waals surface area contributed by atoms with E-state index in [1.807, 2.05) is 20.0 Å². The van der Waals surface area contributed by atoms with Crippen molar-refractivity contribution in [2.45, 2.75) is 26.7 Å². The third-order valence-electron chi connectivity index (χ3n) is 2.32. The van der Waals surface area contributed by atoms with E-state index in [0.717, 1.165) is 24.9 Å². The Kier molecular flexibility index (Phi) is 4.28. The van der Waals surface area contributed by atoms with E-state index in [2.05, 4.69) is 11.9 Å². The number of carbonyl (C=O) groups excluding carboxylic acids is 1. The molecule has 1 rings (SSSR count). The van der Waals surface area contributed by atoms with Crippen LogP contribution in [0.15, 0.2) is 18.3 Å². The van der Waals surface area contributed by atoms with Crippen molar-refractivity contribution in [1.29, 1.82) is 0 Å². The lowest BCUT2D eigenvalue weighted by atomic mass is 10.2. The molecular formula is C12H18N2O. The Hall–Kier alpha value is -1.38. The van der Waals surface area contributed by atoms with E-state index in [-0.39, 0.29) is 5.91 Å². The summed E-state index contributed by atoms with van der Waals surface area (Å²) in [5.41, 5.74) is 1.60. The Morgan fingerprint density at radius 1 is 1.47 bits per heavy atom. The van der Waals surface area contributed by atoms with Gasteiger partial charge < -0.3 is 4.90 Å². The Balaban J connectivity index is 2.63. The van der Waals surface area contributed by atoms with E-state index in [4.69, 9.17) is 0 Å². The van der Waals surface area contributed by atoms with Crippen molar-refractivity contribution in [2.75, 3.05) is 13.6 Å². The van der Waals surface area contributed by atoms with E-state index in [1.54, 1.807) is 17.2 Å². The maximum Gasteiger partial charge on any atom is 0.272 e. The molecule has 15 heavy (non-hydrogen) atoms. The quantitative estimate of drug-likeness (QED) is 0.757. The average molecular weight is 206 g/mol. The molecule has 82 valence electrons. The van der Waals surface area contributed by atoms with Crippen molar-refractivity contribution < 1.29 is 4.79 Å². The van der Waals surface area contributed by atoms with Crippen LogP contribution >= 0.6 is 0 Å². The summed E-state index contributed by atoms with van der Waals surface area (Å²) in [7, 11) is 1.82. The number of hydrogen-bond acceptors (Lipinski definition) is 2. The lowest BCUT2D eigenvalue weighted by Gasteiger charge is -2.15. The molecule has 0 fully saturated rings. The normalized spacial score (nSPS) is 10.1. The van der Waals surface area contributed by atoms with E-state index in [1.165, 1.54) is 0 Å². The Bertz CT molecular complexity index is 319. The first-order valence-corrected chi connectivity index (χ1v) is 5.33. The zero-order valence-electron chi connectivity index (χ0n) is 9.66. The number of hydrogen-bond donors (Lipinski definition) is 0. The number of amides is 1. The monoisotopic (exact) mass is 206 g/mol. The Morgan fingerprint density at radius 2 is 2.20 bits per heavy atom. The molecule has 0 radical (unpaired) electrons. The first-order chi connectivity index (χ1) is 7.15. The summed E-state index contributed by atoms with van der Waals surface area (Å²) in [6.07, 6.45) is 3.86. The van der Waals surface area contributed by atoms with Crippen molar-refractivity contribution in [2.24, 2.45) is 0 Å². The van der Waals surface area contributed by atoms with Gasteiger partial charge in [-0.1, -0.05) is 19.4 Å². The van der Waals surface area contributed by atoms with Gasteiger partial charge in [0, 0.05) is 19.8 Å². The van der Waals surface area contributed by atoms with Crippen molar-refractivity contribution in [3.05, 3.63) is 29.6 Å². The van der Waals surface area contributed by atoms with E-state index < -0.39 is 0 Å². The maximum absolute atomic E-state index is 11.8. The first-order valence-electron chi connectivity index (χ1n) is 5.33. The molecule has 0 saturated carbocycles. The van der Waals surface area contributed by atoms with Gasteiger partial charge >= 0.3 is 0 Å². The SMILES string of the molecule is CCCCN(C)C(=O)c1ccc(C)cn1. The van der Waals surface area contributed by atoms with Gasteiger partial charge in [0.1, 0.15) is 5.69 Å². The van der Waals surface area contributed by atoms with Crippen LogP contribution in [0.2, 0.25) is 0 Å². The third kappa shape index (κ3) is 3.35. The molecular weight excluding hydrogens is 188 g/mol. The van der Waals surface area contributed by atoms with Crippen LogP contribution in [0.1, 0.15) is 35.8 Å². The largest absolute Gasteiger partial charge is 0.340 e. The summed E-state index contributed by atoms with van der Waals surface area (Å²) in [4.78, 5) is 17.7. The highest BCUT2D eigenvalue weighted by atomic mass is 16.2. The van der Waals surface area contributed by atoms with Gasteiger partial charge in [-0.05, 0) is 25.0 Å². The third-order valence-corrected chi connectivity index (χ3v) is 2.32. The Morgan fingerprint density at radius 3 is 2.73 bits per heavy atom. The van der Waals surface area contributed by atoms with Crippen molar-refractivity contribution in [3.63, 3.8) is 0 Å². The number of nitrogens with zero attached hydrogens (tertiary/aromatic N) is 2. The molecule has 0 aliphatic heterocycles. The van der Waals surface area contributed by atoms with Gasteiger partial charge in [-0.25, -0.2) is 0 Å². The highest BCUT2D eigenvalue weighted by Crippen LogP contribution is 2.03. The molecule has 0 aromatic carbocycles. The standard InChI is InChI=1S/C12H18N2O/c1-4-5-8-14(3)12(15)11-7-6-10(2)9-13-11/h6-7,9H,4-5,8H2,1-3H3. The molecule has 0 saturated heterocycles. The average Bonchev–Trinajstić information content (AvgIpc) is 2.26. The van der Waals surface area contributed by atoms with E-state index >= 15 is 0 Å². The lowest BCUT2D eigenvalue weighted by molar-refractivity contribution is 0.0787. The zero-order valence-corrected chi connectivity index (χ0v) is 9.66. The van der Waals surface area contributed by atoms with Crippen LogP contribution in [0.4, 0.5) is 0 Å². The van der Waals surface area contributed by atoms with Crippen molar-refractivity contribution >= 4 is 5.91 Å². The van der Waals surface area contributed by atoms with Crippen LogP contribution in [0.3, 0.4) is 0 Å². The number of aryl methyl sites for hydroxylation is 1. The minimum absolute atomic E-state index is 0.00319. The van der Waals surface area contributed by atoms with Gasteiger partial charge in [0.2, 0.25) is 0 Å². The Labute approximate surface area is 91.1 Å². The molecule has 1 aromatic heterocycles. The first kappa shape index (κ1) is 11.7. The van der Waals surface area contributed by atoms with Crippen LogP contribution in [0.25, 0.3) is 0 Å². The summed E-state index contributed by atoms with van der Waals surface area (Å²) in [6, 6.07) is 3.69. The number of carbonyl (C=O) groups is 1. The second-order valence-electron chi connectivity index (χ2n) is 3.80. The molecule has 0 aliphatic carbocycles. The molecule has 0 bridgehead atoms. The number of rotatable bonds is 4. The minimum Gasteiger partial charge on any atom is -0.340 e. The van der Waals surface area contributed by atoms with Crippen LogP contribution in [0, 0.1) is 6.92 Å². The van der Waals surface area contributed by atoms with Gasteiger partial charge in [-0.3, -0.25) is 9.78 Å². The number of aromatic nitrogens is 1. The van der Waals surface area contributed by atoms with Crippen LogP contribution in [-0.4, -0.2) is 29.4 Å². The fourth-order valence-electron chi connectivity index (χ4n) is 1.29. The molecule has 0 N–H and O–H groups in total. The number of unbranched alkanes of at least 4 members (excludes halogenated alkanes) is 1. The second kappa shape index (κ2) is 5.49. The summed E-state index contributed by atoms with van der Waals surface area (Å²) < 4.78 is 0. The lowest BCUT2D eigenvalue weighted by Crippen LogP contribution is -2.28. The van der Waals surface area contributed by atoms with Gasteiger partial charge in [-0.2, -0.15) is 0 Å². The summed E-state index contributed by atoms with van der Waals surface area (Å²) >= 11 is 0. The van der Waals surface area contributed by atoms with Gasteiger partial charge in [0.05, 0.1) is 0 Å². The van der Waals surface area contributed by atoms with Crippen LogP contribution < -0.4 is 0 Å². The predicted molar refractivity (Wildman–Crippen MR) is 60.8 cm³/mol. The maximum atomic E-state index is 11.8. The summed E-state index contributed by atoms with van der Waals surface area (Å²) in [5.74, 6) is 0.00319. The molecule has 0 spiro atoms. The predicted octanol–water partition coefficient (Wildman–Crippen LogP) is 2.26. The fourth-order valence-corrected chi connectivity index (χ4v) is 1.29. The molecule has 0 unspecified atom stereocenters. The fraction of sp³-hybridized carbons (Fsp3) is 0.500. The number of pyridine rings is 1. The molecule has 3 nitrogen and oxygen atoms in total. The minimum atomic E-state index is 0.00319.